The molecule has 1 amide bonds. The van der Waals surface area contributed by atoms with Gasteiger partial charge < -0.3 is 20.8 Å². The lowest BCUT2D eigenvalue weighted by molar-refractivity contribution is -0.139. The third-order valence-electron chi connectivity index (χ3n) is 12.5. The molecule has 2 aliphatic heterocycles. The van der Waals surface area contributed by atoms with Crippen LogP contribution in [-0.2, 0) is 20.4 Å². The Labute approximate surface area is 426 Å². The van der Waals surface area contributed by atoms with Gasteiger partial charge in [-0.05, 0) is 83.3 Å². The van der Waals surface area contributed by atoms with Gasteiger partial charge in [0.1, 0.15) is 45.0 Å². The SMILES string of the molecule is CC(C)(C)CC1NC(C(=O)O)C(c2cccc(Cl)c2F)C1(C#N)c1ccc(Cl)cc1F.CC(C)(C)C[C@@H]1N[C@@H](C(=O)Nc2ccc(C(=O)O)s2)[C@H](c2cccc(Cl)c2F)[C@@]1(C#N)c1ccc(Cl)cc1F. The van der Waals surface area contributed by atoms with E-state index < -0.39 is 87.9 Å². The van der Waals surface area contributed by atoms with Crippen molar-refractivity contribution in [3.05, 3.63) is 155 Å². The Hall–Kier alpha value is -5.23. The second-order valence-corrected chi connectivity index (χ2v) is 22.4. The zero-order valence-corrected chi connectivity index (χ0v) is 42.2. The van der Waals surface area contributed by atoms with Crippen LogP contribution in [0.1, 0.15) is 98.1 Å². The normalized spacial score (nSPS) is 24.2. The minimum absolute atomic E-state index is 0.0160. The average Bonchev–Trinajstić information content (AvgIpc) is 3.95. The summed E-state index contributed by atoms with van der Waals surface area (Å²) in [5.41, 5.74) is -4.34. The van der Waals surface area contributed by atoms with Crippen LogP contribution in [0, 0.1) is 56.8 Å². The lowest BCUT2D eigenvalue weighted by Crippen LogP contribution is -2.44. The van der Waals surface area contributed by atoms with Gasteiger partial charge in [-0.15, -0.1) is 11.3 Å². The van der Waals surface area contributed by atoms with Crippen molar-refractivity contribution in [1.29, 1.82) is 10.5 Å². The fraction of sp³-hybridized carbons (Fsp3) is 0.353. The van der Waals surface area contributed by atoms with Gasteiger partial charge in [0.05, 0.1) is 33.2 Å². The molecule has 70 heavy (non-hydrogen) atoms. The second-order valence-electron chi connectivity index (χ2n) is 19.7. The fourth-order valence-corrected chi connectivity index (χ4v) is 11.2. The minimum Gasteiger partial charge on any atom is -0.480 e. The molecule has 0 bridgehead atoms. The monoisotopic (exact) mass is 1060 g/mol. The van der Waals surface area contributed by atoms with E-state index in [1.165, 1.54) is 72.8 Å². The van der Waals surface area contributed by atoms with E-state index in [9.17, 15) is 35.1 Å². The highest BCUT2D eigenvalue weighted by atomic mass is 35.5. The molecule has 19 heteroatoms. The molecular formula is C51H47Cl4F4N5O5S. The van der Waals surface area contributed by atoms with Crippen LogP contribution in [0.2, 0.25) is 20.1 Å². The topological polar surface area (TPSA) is 175 Å². The lowest BCUT2D eigenvalue weighted by Gasteiger charge is -2.37. The summed E-state index contributed by atoms with van der Waals surface area (Å²) in [5.74, 6) is -8.68. The summed E-state index contributed by atoms with van der Waals surface area (Å²) >= 11 is 24.9. The number of hydrogen-bond acceptors (Lipinski definition) is 8. The number of amides is 1. The molecular weight excluding hydrogens is 1010 g/mol. The quantitative estimate of drug-likeness (QED) is 0.0853. The molecule has 2 saturated heterocycles. The predicted molar refractivity (Wildman–Crippen MR) is 263 cm³/mol. The summed E-state index contributed by atoms with van der Waals surface area (Å²) in [6.07, 6.45) is 0.665. The van der Waals surface area contributed by atoms with Crippen LogP contribution in [-0.4, -0.2) is 52.2 Å². The molecule has 5 N–H and O–H groups in total. The van der Waals surface area contributed by atoms with Crippen molar-refractivity contribution in [1.82, 2.24) is 10.6 Å². The van der Waals surface area contributed by atoms with Crippen LogP contribution in [0.3, 0.4) is 0 Å². The first-order valence-electron chi connectivity index (χ1n) is 21.7. The molecule has 7 rings (SSSR count). The van der Waals surface area contributed by atoms with E-state index in [0.717, 1.165) is 23.5 Å². The number of nitrogens with zero attached hydrogens (tertiary/aromatic N) is 2. The third kappa shape index (κ3) is 10.7. The highest BCUT2D eigenvalue weighted by molar-refractivity contribution is 7.18. The zero-order valence-electron chi connectivity index (χ0n) is 38.4. The highest BCUT2D eigenvalue weighted by Gasteiger charge is 2.63. The Morgan fingerprint density at radius 2 is 1.10 bits per heavy atom. The standard InChI is InChI=1S/C28H25Cl2F2N3O3S.C23H22Cl2F2N2O2/c1-27(2,3)12-20-28(13-33,16-8-7-14(29)11-18(16)31)22(15-5-4-6-17(30)23(15)32)24(34-20)25(36)35-21-10-9-19(39-21)26(37)38;1-22(2,3)10-17-23(11-28,14-8-7-12(24)9-16(14)26)18(20(29-17)21(30)31)13-5-4-6-15(25)19(13)27/h4-11,20,22,24,34H,12H2,1-3H3,(H,35,36)(H,37,38);4-9,17-18,20,29H,10H2,1-3H3,(H,30,31)/t20-,22-,24+,28-;/m0./s1. The van der Waals surface area contributed by atoms with Crippen molar-refractivity contribution < 1.29 is 42.2 Å². The van der Waals surface area contributed by atoms with Crippen molar-refractivity contribution >= 4 is 80.6 Å². The molecule has 0 saturated carbocycles. The summed E-state index contributed by atoms with van der Waals surface area (Å²) in [5, 5.41) is 49.5. The molecule has 368 valence electrons. The molecule has 10 nitrogen and oxygen atoms in total. The van der Waals surface area contributed by atoms with E-state index in [0.29, 0.717) is 12.8 Å². The number of aromatic carboxylic acids is 1. The lowest BCUT2D eigenvalue weighted by atomic mass is 9.62. The Balaban J connectivity index is 0.000000236. The number of carboxylic acid groups (broad SMARTS) is 2. The van der Waals surface area contributed by atoms with Gasteiger partial charge in [0.25, 0.3) is 0 Å². The first kappa shape index (κ1) is 54.1. The van der Waals surface area contributed by atoms with Crippen molar-refractivity contribution in [3.63, 3.8) is 0 Å². The van der Waals surface area contributed by atoms with Crippen LogP contribution in [0.25, 0.3) is 0 Å². The number of benzene rings is 4. The molecule has 3 heterocycles. The van der Waals surface area contributed by atoms with Gasteiger partial charge >= 0.3 is 11.9 Å². The summed E-state index contributed by atoms with van der Waals surface area (Å²) in [4.78, 5) is 37.3. The van der Waals surface area contributed by atoms with Crippen molar-refractivity contribution in [2.24, 2.45) is 10.8 Å². The van der Waals surface area contributed by atoms with Crippen molar-refractivity contribution in [3.8, 4) is 12.1 Å². The van der Waals surface area contributed by atoms with Crippen LogP contribution >= 0.6 is 57.7 Å². The summed E-state index contributed by atoms with van der Waals surface area (Å²) in [6.45, 7) is 11.6. The molecule has 2 aliphatic rings. The molecule has 8 atom stereocenters. The Bertz CT molecular complexity index is 2930. The van der Waals surface area contributed by atoms with Crippen LogP contribution in [0.15, 0.2) is 84.9 Å². The molecule has 1 aromatic heterocycles. The number of carbonyl (C=O) groups excluding carboxylic acids is 1. The minimum atomic E-state index is -1.75. The number of carbonyl (C=O) groups is 3. The van der Waals surface area contributed by atoms with E-state index in [1.807, 2.05) is 41.5 Å². The Morgan fingerprint density at radius 3 is 1.47 bits per heavy atom. The number of nitriles is 2. The fourth-order valence-electron chi connectivity index (χ4n) is 9.82. The third-order valence-corrected chi connectivity index (χ3v) is 14.6. The van der Waals surface area contributed by atoms with Crippen molar-refractivity contribution in [2.75, 3.05) is 5.32 Å². The molecule has 4 aromatic carbocycles. The summed E-state index contributed by atoms with van der Waals surface area (Å²) in [7, 11) is 0. The van der Waals surface area contributed by atoms with Crippen LogP contribution < -0.4 is 16.0 Å². The number of thiophene rings is 1. The second kappa shape index (κ2) is 20.9. The summed E-state index contributed by atoms with van der Waals surface area (Å²) < 4.78 is 61.6. The molecule has 0 aliphatic carbocycles. The van der Waals surface area contributed by atoms with E-state index >= 15 is 17.6 Å². The molecule has 0 radical (unpaired) electrons. The molecule has 0 spiro atoms. The first-order valence-corrected chi connectivity index (χ1v) is 24.0. The highest BCUT2D eigenvalue weighted by Crippen LogP contribution is 2.54. The van der Waals surface area contributed by atoms with Gasteiger partial charge in [-0.3, -0.25) is 14.9 Å². The largest absolute Gasteiger partial charge is 0.480 e. The number of halogens is 8. The van der Waals surface area contributed by atoms with E-state index in [2.05, 4.69) is 28.1 Å². The van der Waals surface area contributed by atoms with E-state index in [4.69, 9.17) is 46.4 Å². The van der Waals surface area contributed by atoms with E-state index in [1.54, 1.807) is 0 Å². The van der Waals surface area contributed by atoms with Gasteiger partial charge in [-0.25, -0.2) is 22.4 Å². The number of hydrogen-bond donors (Lipinski definition) is 5. The molecule has 2 fully saturated rings. The van der Waals surface area contributed by atoms with Crippen LogP contribution in [0.4, 0.5) is 22.6 Å². The number of nitrogens with one attached hydrogen (secondary N) is 3. The molecule has 4 unspecified atom stereocenters. The van der Waals surface area contributed by atoms with Gasteiger partial charge in [0.15, 0.2) is 0 Å². The number of anilines is 1. The van der Waals surface area contributed by atoms with Gasteiger partial charge in [0.2, 0.25) is 5.91 Å². The van der Waals surface area contributed by atoms with Crippen molar-refractivity contribution in [2.45, 2.75) is 101 Å². The molecule has 5 aromatic rings. The smallest absolute Gasteiger partial charge is 0.345 e. The maximum atomic E-state index is 15.7. The van der Waals surface area contributed by atoms with Gasteiger partial charge in [-0.1, -0.05) is 124 Å². The predicted octanol–water partition coefficient (Wildman–Crippen LogP) is 12.7. The number of rotatable bonds is 10. The Kier molecular flexibility index (Phi) is 16.1. The number of aliphatic carboxylic acids is 1. The zero-order chi connectivity index (χ0) is 51.8. The maximum Gasteiger partial charge on any atom is 0.345 e. The maximum absolute atomic E-state index is 15.7. The first-order chi connectivity index (χ1) is 32.7. The summed E-state index contributed by atoms with van der Waals surface area (Å²) in [6, 6.07) is 19.4. The number of carboxylic acids is 2. The van der Waals surface area contributed by atoms with Crippen LogP contribution in [0.5, 0.6) is 0 Å². The average molecular weight is 1060 g/mol. The van der Waals surface area contributed by atoms with Gasteiger partial charge in [-0.2, -0.15) is 10.5 Å². The van der Waals surface area contributed by atoms with Gasteiger partial charge in [0, 0.05) is 45.1 Å². The Morgan fingerprint density at radius 1 is 0.671 bits per heavy atom. The van der Waals surface area contributed by atoms with E-state index in [-0.39, 0.29) is 63.1 Å².